The maximum atomic E-state index is 10.7. The minimum Gasteiger partial charge on any atom is -0.393 e. The molecule has 2 aromatic rings. The summed E-state index contributed by atoms with van der Waals surface area (Å²) < 4.78 is 2.56. The van der Waals surface area contributed by atoms with E-state index in [1.165, 1.54) is 36.0 Å². The van der Waals surface area contributed by atoms with Crippen LogP contribution >= 0.6 is 0 Å². The lowest BCUT2D eigenvalue weighted by atomic mass is 9.63. The molecule has 3 aliphatic rings. The van der Waals surface area contributed by atoms with Crippen molar-refractivity contribution in [3.05, 3.63) is 35.5 Å². The van der Waals surface area contributed by atoms with Gasteiger partial charge in [-0.2, -0.15) is 0 Å². The van der Waals surface area contributed by atoms with Crippen LogP contribution in [0.2, 0.25) is 0 Å². The van der Waals surface area contributed by atoms with E-state index in [0.29, 0.717) is 6.04 Å². The van der Waals surface area contributed by atoms with E-state index in [9.17, 15) is 5.11 Å². The van der Waals surface area contributed by atoms with Gasteiger partial charge in [0.1, 0.15) is 0 Å². The summed E-state index contributed by atoms with van der Waals surface area (Å²) in [5.41, 5.74) is 4.56. The molecule has 3 atom stereocenters. The van der Waals surface area contributed by atoms with Crippen molar-refractivity contribution in [3.8, 4) is 0 Å². The Morgan fingerprint density at radius 1 is 1.18 bits per heavy atom. The molecule has 1 aromatic heterocycles. The van der Waals surface area contributed by atoms with Gasteiger partial charge in [-0.3, -0.25) is 4.90 Å². The van der Waals surface area contributed by atoms with Gasteiger partial charge in [0, 0.05) is 35.1 Å². The zero-order chi connectivity index (χ0) is 14.9. The Kier molecular flexibility index (Phi) is 2.61. The number of aliphatic hydroxyl groups excluding tert-OH is 1. The molecule has 0 saturated carbocycles. The minimum absolute atomic E-state index is 0.0673. The van der Waals surface area contributed by atoms with Crippen LogP contribution in [-0.4, -0.2) is 33.8 Å². The fourth-order valence-corrected chi connectivity index (χ4v) is 5.62. The first-order chi connectivity index (χ1) is 10.7. The van der Waals surface area contributed by atoms with Gasteiger partial charge in [0.2, 0.25) is 0 Å². The fourth-order valence-electron chi connectivity index (χ4n) is 5.62. The predicted octanol–water partition coefficient (Wildman–Crippen LogP) is 3.11. The average Bonchev–Trinajstić information content (AvgIpc) is 2.88. The third-order valence-electron chi connectivity index (χ3n) is 6.66. The van der Waals surface area contributed by atoms with Crippen LogP contribution in [-0.2, 0) is 13.0 Å². The largest absolute Gasteiger partial charge is 0.393 e. The number of rotatable bonds is 1. The second-order valence-electron chi connectivity index (χ2n) is 7.48. The van der Waals surface area contributed by atoms with Gasteiger partial charge in [0.25, 0.3) is 0 Å². The lowest BCUT2D eigenvalue weighted by Gasteiger charge is -2.56. The zero-order valence-electron chi connectivity index (χ0n) is 13.3. The van der Waals surface area contributed by atoms with Crippen LogP contribution < -0.4 is 0 Å². The Hall–Kier alpha value is -1.32. The Balaban J connectivity index is 1.82. The summed E-state index contributed by atoms with van der Waals surface area (Å²) in [5.74, 6) is 0. The van der Waals surface area contributed by atoms with Crippen molar-refractivity contribution >= 4 is 10.9 Å². The third-order valence-corrected chi connectivity index (χ3v) is 6.66. The summed E-state index contributed by atoms with van der Waals surface area (Å²) in [6.07, 6.45) is 4.45. The number of nitrogens with zero attached hydrogens (tertiary/aromatic N) is 2. The summed E-state index contributed by atoms with van der Waals surface area (Å²) in [6.45, 7) is 5.43. The zero-order valence-corrected chi connectivity index (χ0v) is 13.3. The molecule has 3 aliphatic heterocycles. The van der Waals surface area contributed by atoms with E-state index >= 15 is 0 Å². The van der Waals surface area contributed by atoms with E-state index in [2.05, 4.69) is 33.7 Å². The Bertz CT molecular complexity index is 714. The van der Waals surface area contributed by atoms with Crippen LogP contribution in [0.15, 0.2) is 24.3 Å². The summed E-state index contributed by atoms with van der Waals surface area (Å²) in [4.78, 5) is 2.66. The van der Waals surface area contributed by atoms with Crippen LogP contribution in [0.1, 0.15) is 43.5 Å². The maximum absolute atomic E-state index is 10.7. The summed E-state index contributed by atoms with van der Waals surface area (Å²) >= 11 is 0. The van der Waals surface area contributed by atoms with E-state index in [0.717, 1.165) is 25.9 Å². The number of aryl methyl sites for hydroxylation is 1. The molecule has 0 spiro atoms. The van der Waals surface area contributed by atoms with Crippen LogP contribution in [0, 0.1) is 5.41 Å². The third kappa shape index (κ3) is 1.44. The molecule has 1 aromatic carbocycles. The molecule has 0 radical (unpaired) electrons. The molecule has 1 fully saturated rings. The molecule has 4 heterocycles. The van der Waals surface area contributed by atoms with Crippen molar-refractivity contribution < 1.29 is 5.11 Å². The monoisotopic (exact) mass is 296 g/mol. The van der Waals surface area contributed by atoms with E-state index in [4.69, 9.17) is 0 Å². The molecular formula is C19H24N2O. The topological polar surface area (TPSA) is 28.4 Å². The number of piperidine rings is 1. The van der Waals surface area contributed by atoms with Crippen molar-refractivity contribution in [2.45, 2.75) is 51.3 Å². The van der Waals surface area contributed by atoms with Gasteiger partial charge in [-0.25, -0.2) is 0 Å². The lowest BCUT2D eigenvalue weighted by Crippen LogP contribution is -2.56. The number of para-hydroxylation sites is 1. The number of hydrogen-bond donors (Lipinski definition) is 1. The second-order valence-corrected chi connectivity index (χ2v) is 7.48. The van der Waals surface area contributed by atoms with Crippen molar-refractivity contribution in [2.75, 3.05) is 13.1 Å². The molecule has 5 rings (SSSR count). The predicted molar refractivity (Wildman–Crippen MR) is 87.9 cm³/mol. The number of aliphatic hydroxyl groups is 1. The van der Waals surface area contributed by atoms with E-state index in [1.54, 1.807) is 5.56 Å². The highest BCUT2D eigenvalue weighted by Crippen LogP contribution is 2.56. The Labute approximate surface area is 131 Å². The van der Waals surface area contributed by atoms with E-state index in [1.807, 2.05) is 6.92 Å². The first kappa shape index (κ1) is 13.1. The molecule has 3 heteroatoms. The molecule has 22 heavy (non-hydrogen) atoms. The fraction of sp³-hybridized carbons (Fsp3) is 0.579. The van der Waals surface area contributed by atoms with E-state index < -0.39 is 0 Å². The summed E-state index contributed by atoms with van der Waals surface area (Å²) in [7, 11) is 0. The van der Waals surface area contributed by atoms with Crippen LogP contribution in [0.4, 0.5) is 0 Å². The van der Waals surface area contributed by atoms with Gasteiger partial charge in [-0.1, -0.05) is 18.2 Å². The molecule has 0 bridgehead atoms. The quantitative estimate of drug-likeness (QED) is 0.876. The molecule has 1 N–H and O–H groups in total. The Morgan fingerprint density at radius 2 is 2.05 bits per heavy atom. The number of hydrogen-bond acceptors (Lipinski definition) is 2. The molecule has 1 saturated heterocycles. The highest BCUT2D eigenvalue weighted by atomic mass is 16.3. The number of benzene rings is 1. The van der Waals surface area contributed by atoms with E-state index in [-0.39, 0.29) is 11.5 Å². The molecular weight excluding hydrogens is 272 g/mol. The van der Waals surface area contributed by atoms with Crippen LogP contribution in [0.25, 0.3) is 10.9 Å². The maximum Gasteiger partial charge on any atom is 0.0587 e. The average molecular weight is 296 g/mol. The smallest absolute Gasteiger partial charge is 0.0587 e. The number of aromatic nitrogens is 1. The SMILES string of the molecule is CC(O)C12CCCN3CCc4c(n(c5ccccc45)CC1)C32. The Morgan fingerprint density at radius 3 is 2.91 bits per heavy atom. The van der Waals surface area contributed by atoms with Gasteiger partial charge < -0.3 is 9.67 Å². The minimum atomic E-state index is -0.224. The van der Waals surface area contributed by atoms with Crippen molar-refractivity contribution in [2.24, 2.45) is 5.41 Å². The first-order valence-corrected chi connectivity index (χ1v) is 8.74. The van der Waals surface area contributed by atoms with Crippen molar-refractivity contribution in [1.82, 2.24) is 9.47 Å². The van der Waals surface area contributed by atoms with Gasteiger partial charge in [0.05, 0.1) is 12.1 Å². The van der Waals surface area contributed by atoms with Gasteiger partial charge >= 0.3 is 0 Å². The molecule has 3 nitrogen and oxygen atoms in total. The normalized spacial score (nSPS) is 32.0. The second kappa shape index (κ2) is 4.36. The summed E-state index contributed by atoms with van der Waals surface area (Å²) in [6, 6.07) is 9.31. The van der Waals surface area contributed by atoms with Gasteiger partial charge in [0.15, 0.2) is 0 Å². The molecule has 3 unspecified atom stereocenters. The molecule has 116 valence electrons. The van der Waals surface area contributed by atoms with Crippen molar-refractivity contribution in [3.63, 3.8) is 0 Å². The summed E-state index contributed by atoms with van der Waals surface area (Å²) in [5, 5.41) is 12.1. The van der Waals surface area contributed by atoms with Gasteiger partial charge in [-0.05, 0) is 50.8 Å². The van der Waals surface area contributed by atoms with Crippen LogP contribution in [0.5, 0.6) is 0 Å². The number of fused-ring (bicyclic) bond motifs is 3. The van der Waals surface area contributed by atoms with Crippen molar-refractivity contribution in [1.29, 1.82) is 0 Å². The molecule has 0 aliphatic carbocycles. The highest BCUT2D eigenvalue weighted by molar-refractivity contribution is 5.86. The standard InChI is InChI=1S/C19H24N2O/c1-13(22)19-8-4-10-20-11-7-15-14-5-2-3-6-16(14)21(12-9-19)17(15)18(19)20/h2-3,5-6,13,18,22H,4,7-12H2,1H3. The highest BCUT2D eigenvalue weighted by Gasteiger charge is 2.53. The van der Waals surface area contributed by atoms with Crippen LogP contribution in [0.3, 0.4) is 0 Å². The van der Waals surface area contributed by atoms with Gasteiger partial charge in [-0.15, -0.1) is 0 Å². The molecule has 0 amide bonds. The first-order valence-electron chi connectivity index (χ1n) is 8.74. The lowest BCUT2D eigenvalue weighted by molar-refractivity contribution is -0.0949.